The predicted octanol–water partition coefficient (Wildman–Crippen LogP) is 4.61. The number of amides is 1. The maximum absolute atomic E-state index is 13.1. The summed E-state index contributed by atoms with van der Waals surface area (Å²) in [6, 6.07) is 5.89. The van der Waals surface area contributed by atoms with E-state index in [1.165, 1.54) is 12.1 Å². The van der Waals surface area contributed by atoms with Gasteiger partial charge in [0.25, 0.3) is 5.91 Å². The summed E-state index contributed by atoms with van der Waals surface area (Å²) in [5, 5.41) is 2.21. The van der Waals surface area contributed by atoms with E-state index in [2.05, 4.69) is 5.32 Å². The third-order valence-corrected chi connectivity index (χ3v) is 3.55. The van der Waals surface area contributed by atoms with Gasteiger partial charge >= 0.3 is 6.18 Å². The number of halogens is 6. The van der Waals surface area contributed by atoms with Crippen LogP contribution in [0, 0.1) is 11.6 Å². The highest BCUT2D eigenvalue weighted by molar-refractivity contribution is 6.33. The molecule has 0 unspecified atom stereocenters. The minimum atomic E-state index is -4.41. The molecule has 0 radical (unpaired) electrons. The number of hydrogen-bond acceptors (Lipinski definition) is 1. The number of benzene rings is 2. The SMILES string of the molecule is O=C(NCCc1ccc(C(F)(F)F)cc1)c1cc(F)c(F)cc1Cl. The third-order valence-electron chi connectivity index (χ3n) is 3.24. The number of carbonyl (C=O) groups excluding carboxylic acids is 1. The Bertz CT molecular complexity index is 743. The molecule has 0 spiro atoms. The van der Waals surface area contributed by atoms with Gasteiger partial charge in [0.2, 0.25) is 0 Å². The molecule has 8 heteroatoms. The maximum Gasteiger partial charge on any atom is 0.416 e. The van der Waals surface area contributed by atoms with Crippen LogP contribution in [0.15, 0.2) is 36.4 Å². The molecule has 0 aliphatic heterocycles. The largest absolute Gasteiger partial charge is 0.416 e. The Morgan fingerprint density at radius 3 is 2.21 bits per heavy atom. The third kappa shape index (κ3) is 4.44. The first kappa shape index (κ1) is 18.2. The normalized spacial score (nSPS) is 11.4. The fourth-order valence-corrected chi connectivity index (χ4v) is 2.21. The van der Waals surface area contributed by atoms with Crippen molar-refractivity contribution in [2.75, 3.05) is 6.54 Å². The Balaban J connectivity index is 1.95. The first-order valence-corrected chi connectivity index (χ1v) is 7.15. The molecule has 0 saturated carbocycles. The van der Waals surface area contributed by atoms with Crippen LogP contribution in [0.3, 0.4) is 0 Å². The summed E-state index contributed by atoms with van der Waals surface area (Å²) in [4.78, 5) is 11.9. The highest BCUT2D eigenvalue weighted by Crippen LogP contribution is 2.29. The number of nitrogens with one attached hydrogen (secondary N) is 1. The van der Waals surface area contributed by atoms with Crippen LogP contribution < -0.4 is 5.32 Å². The highest BCUT2D eigenvalue weighted by atomic mass is 35.5. The van der Waals surface area contributed by atoms with E-state index in [9.17, 15) is 26.7 Å². The maximum atomic E-state index is 13.1. The van der Waals surface area contributed by atoms with E-state index in [0.717, 1.165) is 12.1 Å². The zero-order chi connectivity index (χ0) is 17.9. The second-order valence-corrected chi connectivity index (χ2v) is 5.35. The number of rotatable bonds is 4. The molecule has 128 valence electrons. The second kappa shape index (κ2) is 7.17. The molecule has 2 nitrogen and oxygen atoms in total. The van der Waals surface area contributed by atoms with Gasteiger partial charge in [0.05, 0.1) is 16.1 Å². The number of carbonyl (C=O) groups is 1. The van der Waals surface area contributed by atoms with Gasteiger partial charge in [0, 0.05) is 6.54 Å². The zero-order valence-corrected chi connectivity index (χ0v) is 12.8. The summed E-state index contributed by atoms with van der Waals surface area (Å²) >= 11 is 5.68. The molecule has 24 heavy (non-hydrogen) atoms. The van der Waals surface area contributed by atoms with E-state index in [-0.39, 0.29) is 23.6 Å². The molecule has 0 bridgehead atoms. The van der Waals surface area contributed by atoms with Crippen molar-refractivity contribution in [2.24, 2.45) is 0 Å². The number of alkyl halides is 3. The van der Waals surface area contributed by atoms with Gasteiger partial charge in [-0.15, -0.1) is 0 Å². The lowest BCUT2D eigenvalue weighted by Crippen LogP contribution is -2.26. The summed E-state index contributed by atoms with van der Waals surface area (Å²) < 4.78 is 63.4. The van der Waals surface area contributed by atoms with E-state index in [0.29, 0.717) is 17.7 Å². The fourth-order valence-electron chi connectivity index (χ4n) is 1.97. The molecular weight excluding hydrogens is 353 g/mol. The topological polar surface area (TPSA) is 29.1 Å². The van der Waals surface area contributed by atoms with Gasteiger partial charge in [-0.25, -0.2) is 8.78 Å². The monoisotopic (exact) mass is 363 g/mol. The van der Waals surface area contributed by atoms with Gasteiger partial charge in [-0.3, -0.25) is 4.79 Å². The molecule has 2 aromatic rings. The summed E-state index contributed by atoms with van der Waals surface area (Å²) in [6.07, 6.45) is -4.14. The lowest BCUT2D eigenvalue weighted by molar-refractivity contribution is -0.137. The van der Waals surface area contributed by atoms with Gasteiger partial charge in [0.15, 0.2) is 11.6 Å². The molecule has 1 N–H and O–H groups in total. The Morgan fingerprint density at radius 2 is 1.62 bits per heavy atom. The van der Waals surface area contributed by atoms with Crippen molar-refractivity contribution in [1.82, 2.24) is 5.32 Å². The molecule has 0 aliphatic carbocycles. The van der Waals surface area contributed by atoms with Crippen LogP contribution in [0.1, 0.15) is 21.5 Å². The molecule has 1 amide bonds. The van der Waals surface area contributed by atoms with Gasteiger partial charge in [-0.1, -0.05) is 23.7 Å². The van der Waals surface area contributed by atoms with Crippen LogP contribution >= 0.6 is 11.6 Å². The minimum Gasteiger partial charge on any atom is -0.352 e. The fraction of sp³-hybridized carbons (Fsp3) is 0.188. The van der Waals surface area contributed by atoms with E-state index in [1.54, 1.807) is 0 Å². The second-order valence-electron chi connectivity index (χ2n) is 4.95. The van der Waals surface area contributed by atoms with Crippen molar-refractivity contribution in [3.8, 4) is 0 Å². The van der Waals surface area contributed by atoms with Crippen molar-refractivity contribution < 1.29 is 26.7 Å². The highest BCUT2D eigenvalue weighted by Gasteiger charge is 2.29. The van der Waals surface area contributed by atoms with E-state index < -0.39 is 29.3 Å². The standard InChI is InChI=1S/C16H11ClF5NO/c17-12-8-14(19)13(18)7-11(12)15(24)23-6-5-9-1-3-10(4-2-9)16(20,21)22/h1-4,7-8H,5-6H2,(H,23,24). The number of hydrogen-bond donors (Lipinski definition) is 1. The predicted molar refractivity (Wildman–Crippen MR) is 78.8 cm³/mol. The summed E-state index contributed by atoms with van der Waals surface area (Å²) in [5.41, 5.74) is -0.397. The molecule has 0 atom stereocenters. The van der Waals surface area contributed by atoms with Crippen LogP contribution in [0.4, 0.5) is 22.0 Å². The van der Waals surface area contributed by atoms with Crippen molar-refractivity contribution in [1.29, 1.82) is 0 Å². The summed E-state index contributed by atoms with van der Waals surface area (Å²) in [7, 11) is 0. The van der Waals surface area contributed by atoms with E-state index in [4.69, 9.17) is 11.6 Å². The molecule has 0 saturated heterocycles. The van der Waals surface area contributed by atoms with Crippen LogP contribution in [0.5, 0.6) is 0 Å². The van der Waals surface area contributed by atoms with Gasteiger partial charge in [-0.05, 0) is 36.2 Å². The summed E-state index contributed by atoms with van der Waals surface area (Å²) in [5.74, 6) is -3.07. The first-order chi connectivity index (χ1) is 11.2. The zero-order valence-electron chi connectivity index (χ0n) is 12.1. The van der Waals surface area contributed by atoms with Crippen LogP contribution in [0.25, 0.3) is 0 Å². The van der Waals surface area contributed by atoms with E-state index >= 15 is 0 Å². The molecule has 0 aliphatic rings. The molecule has 0 aromatic heterocycles. The smallest absolute Gasteiger partial charge is 0.352 e. The van der Waals surface area contributed by atoms with Crippen LogP contribution in [0.2, 0.25) is 5.02 Å². The van der Waals surface area contributed by atoms with Crippen molar-refractivity contribution in [3.63, 3.8) is 0 Å². The van der Waals surface area contributed by atoms with Crippen molar-refractivity contribution >= 4 is 17.5 Å². The molecular formula is C16H11ClF5NO. The lowest BCUT2D eigenvalue weighted by atomic mass is 10.1. The first-order valence-electron chi connectivity index (χ1n) is 6.77. The minimum absolute atomic E-state index is 0.0967. The average molecular weight is 364 g/mol. The Kier molecular flexibility index (Phi) is 5.43. The van der Waals surface area contributed by atoms with Crippen molar-refractivity contribution in [2.45, 2.75) is 12.6 Å². The Labute approximate surface area is 139 Å². The van der Waals surface area contributed by atoms with Crippen molar-refractivity contribution in [3.05, 3.63) is 69.7 Å². The van der Waals surface area contributed by atoms with Gasteiger partial charge < -0.3 is 5.32 Å². The van der Waals surface area contributed by atoms with Crippen LogP contribution in [-0.4, -0.2) is 12.5 Å². The Hall–Kier alpha value is -2.15. The molecule has 2 rings (SSSR count). The molecule has 0 fully saturated rings. The summed E-state index contributed by atoms with van der Waals surface area (Å²) in [6.45, 7) is 0.0967. The molecule has 2 aromatic carbocycles. The van der Waals surface area contributed by atoms with Crippen LogP contribution in [-0.2, 0) is 12.6 Å². The Morgan fingerprint density at radius 1 is 1.04 bits per heavy atom. The quantitative estimate of drug-likeness (QED) is 0.624. The molecule has 0 heterocycles. The van der Waals surface area contributed by atoms with E-state index in [1.807, 2.05) is 0 Å². The van der Waals surface area contributed by atoms with Gasteiger partial charge in [-0.2, -0.15) is 13.2 Å². The average Bonchev–Trinajstić information content (AvgIpc) is 2.50. The lowest BCUT2D eigenvalue weighted by Gasteiger charge is -2.09. The van der Waals surface area contributed by atoms with Gasteiger partial charge in [0.1, 0.15) is 0 Å².